The first-order valence-corrected chi connectivity index (χ1v) is 7.62. The molecular formula is C16H13Cl2N3O4. The number of halogens is 2. The van der Waals surface area contributed by atoms with Crippen LogP contribution < -0.4 is 15.5 Å². The Bertz CT molecular complexity index is 840. The second-order valence-electron chi connectivity index (χ2n) is 4.71. The molecule has 9 heteroatoms. The number of aromatic hydroxyl groups is 1. The number of hydrogen-bond acceptors (Lipinski definition) is 5. The van der Waals surface area contributed by atoms with E-state index in [1.54, 1.807) is 12.1 Å². The summed E-state index contributed by atoms with van der Waals surface area (Å²) in [5, 5.41) is 16.1. The number of benzene rings is 2. The van der Waals surface area contributed by atoms with Crippen molar-refractivity contribution in [1.29, 1.82) is 0 Å². The van der Waals surface area contributed by atoms with Crippen LogP contribution in [-0.4, -0.2) is 30.2 Å². The molecule has 0 aliphatic carbocycles. The topological polar surface area (TPSA) is 100 Å². The number of nitrogens with zero attached hydrogens (tertiary/aromatic N) is 1. The first kappa shape index (κ1) is 18.6. The third kappa shape index (κ3) is 5.10. The van der Waals surface area contributed by atoms with Crippen molar-refractivity contribution in [1.82, 2.24) is 5.43 Å². The number of amides is 2. The highest BCUT2D eigenvalue weighted by atomic mass is 35.5. The molecule has 25 heavy (non-hydrogen) atoms. The summed E-state index contributed by atoms with van der Waals surface area (Å²) in [6.45, 7) is 0. The van der Waals surface area contributed by atoms with Crippen LogP contribution in [0.1, 0.15) is 5.56 Å². The number of hydrazone groups is 1. The van der Waals surface area contributed by atoms with Gasteiger partial charge in [-0.1, -0.05) is 23.2 Å². The molecule has 2 aromatic rings. The van der Waals surface area contributed by atoms with E-state index in [0.717, 1.165) is 0 Å². The zero-order valence-corrected chi connectivity index (χ0v) is 14.4. The highest BCUT2D eigenvalue weighted by Crippen LogP contribution is 2.26. The van der Waals surface area contributed by atoms with Crippen molar-refractivity contribution in [3.8, 4) is 11.5 Å². The number of phenols is 1. The molecular weight excluding hydrogens is 369 g/mol. The molecule has 0 saturated heterocycles. The summed E-state index contributed by atoms with van der Waals surface area (Å²) in [6, 6.07) is 8.94. The van der Waals surface area contributed by atoms with Crippen LogP contribution in [0.2, 0.25) is 10.0 Å². The Labute approximate surface area is 153 Å². The van der Waals surface area contributed by atoms with Crippen molar-refractivity contribution in [3.05, 3.63) is 52.0 Å². The maximum absolute atomic E-state index is 11.8. The summed E-state index contributed by atoms with van der Waals surface area (Å²) in [6.07, 6.45) is 1.29. The lowest BCUT2D eigenvalue weighted by Crippen LogP contribution is -2.32. The largest absolute Gasteiger partial charge is 0.504 e. The summed E-state index contributed by atoms with van der Waals surface area (Å²) in [7, 11) is 1.41. The molecule has 0 saturated carbocycles. The average Bonchev–Trinajstić information content (AvgIpc) is 2.59. The molecule has 0 heterocycles. The fraction of sp³-hybridized carbons (Fsp3) is 0.0625. The number of rotatable bonds is 4. The number of hydrogen-bond donors (Lipinski definition) is 3. The van der Waals surface area contributed by atoms with Crippen LogP contribution in [0, 0.1) is 0 Å². The number of phenolic OH excluding ortho intramolecular Hbond substituents is 1. The molecule has 0 fully saturated rings. The van der Waals surface area contributed by atoms with Gasteiger partial charge in [-0.05, 0) is 42.0 Å². The monoisotopic (exact) mass is 381 g/mol. The summed E-state index contributed by atoms with van der Waals surface area (Å²) in [4.78, 5) is 23.5. The van der Waals surface area contributed by atoms with E-state index in [4.69, 9.17) is 27.9 Å². The first-order valence-electron chi connectivity index (χ1n) is 6.87. The Morgan fingerprint density at radius 3 is 2.64 bits per heavy atom. The van der Waals surface area contributed by atoms with Crippen LogP contribution in [-0.2, 0) is 9.59 Å². The highest BCUT2D eigenvalue weighted by molar-refractivity contribution is 6.42. The van der Waals surface area contributed by atoms with Gasteiger partial charge in [0.1, 0.15) is 0 Å². The molecule has 7 nitrogen and oxygen atoms in total. The van der Waals surface area contributed by atoms with Crippen LogP contribution in [0.3, 0.4) is 0 Å². The van der Waals surface area contributed by atoms with Crippen LogP contribution >= 0.6 is 23.2 Å². The molecule has 0 aliphatic heterocycles. The van der Waals surface area contributed by atoms with Gasteiger partial charge in [0.25, 0.3) is 0 Å². The van der Waals surface area contributed by atoms with Gasteiger partial charge in [0, 0.05) is 5.02 Å². The molecule has 0 spiro atoms. The quantitative estimate of drug-likeness (QED) is 0.430. The van der Waals surface area contributed by atoms with E-state index in [1.165, 1.54) is 37.6 Å². The van der Waals surface area contributed by atoms with E-state index >= 15 is 0 Å². The van der Waals surface area contributed by atoms with Crippen molar-refractivity contribution < 1.29 is 19.4 Å². The number of carbonyl (C=O) groups is 2. The van der Waals surface area contributed by atoms with Gasteiger partial charge in [-0.3, -0.25) is 9.59 Å². The Balaban J connectivity index is 1.97. The Hall–Kier alpha value is -2.77. The molecule has 3 N–H and O–H groups in total. The number of carbonyl (C=O) groups excluding carboxylic acids is 2. The van der Waals surface area contributed by atoms with Crippen molar-refractivity contribution in [2.45, 2.75) is 0 Å². The van der Waals surface area contributed by atoms with Crippen LogP contribution in [0.4, 0.5) is 5.69 Å². The maximum atomic E-state index is 11.8. The van der Waals surface area contributed by atoms with Gasteiger partial charge >= 0.3 is 11.8 Å². The predicted molar refractivity (Wildman–Crippen MR) is 95.5 cm³/mol. The molecule has 0 aromatic heterocycles. The summed E-state index contributed by atoms with van der Waals surface area (Å²) in [5.41, 5.74) is 2.84. The molecule has 0 aliphatic rings. The third-order valence-corrected chi connectivity index (χ3v) is 3.53. The molecule has 2 rings (SSSR count). The molecule has 0 bridgehead atoms. The van der Waals surface area contributed by atoms with E-state index in [0.29, 0.717) is 10.6 Å². The van der Waals surface area contributed by atoms with Gasteiger partial charge in [-0.2, -0.15) is 5.10 Å². The molecule has 0 radical (unpaired) electrons. The van der Waals surface area contributed by atoms with Gasteiger partial charge in [0.15, 0.2) is 11.5 Å². The lowest BCUT2D eigenvalue weighted by molar-refractivity contribution is -0.136. The van der Waals surface area contributed by atoms with Gasteiger partial charge < -0.3 is 15.2 Å². The van der Waals surface area contributed by atoms with E-state index in [2.05, 4.69) is 15.8 Å². The number of anilines is 1. The number of methoxy groups -OCH3 is 1. The van der Waals surface area contributed by atoms with E-state index < -0.39 is 11.8 Å². The molecule has 0 atom stereocenters. The smallest absolute Gasteiger partial charge is 0.329 e. The van der Waals surface area contributed by atoms with E-state index in [-0.39, 0.29) is 22.2 Å². The highest BCUT2D eigenvalue weighted by Gasteiger charge is 2.14. The third-order valence-electron chi connectivity index (χ3n) is 2.97. The SMILES string of the molecule is COc1cc(/C=N/NC(=O)C(=O)Nc2cc(Cl)ccc2Cl)ccc1O. The molecule has 0 unspecified atom stereocenters. The standard InChI is InChI=1S/C16H13Cl2N3O4/c1-25-14-6-9(2-5-13(14)22)8-19-21-16(24)15(23)20-12-7-10(17)3-4-11(12)18/h2-8,22H,1H3,(H,20,23)(H,21,24)/b19-8+. The maximum Gasteiger partial charge on any atom is 0.329 e. The van der Waals surface area contributed by atoms with Gasteiger partial charge in [0.2, 0.25) is 0 Å². The van der Waals surface area contributed by atoms with Crippen molar-refractivity contribution in [3.63, 3.8) is 0 Å². The lowest BCUT2D eigenvalue weighted by Gasteiger charge is -2.06. The van der Waals surface area contributed by atoms with Crippen molar-refractivity contribution in [2.24, 2.45) is 5.10 Å². The summed E-state index contributed by atoms with van der Waals surface area (Å²) in [5.74, 6) is -1.72. The minimum atomic E-state index is -0.988. The normalized spacial score (nSPS) is 10.5. The zero-order valence-electron chi connectivity index (χ0n) is 12.9. The summed E-state index contributed by atoms with van der Waals surface area (Å²) >= 11 is 11.7. The first-order chi connectivity index (χ1) is 11.9. The lowest BCUT2D eigenvalue weighted by atomic mass is 10.2. The predicted octanol–water partition coefficient (Wildman–Crippen LogP) is 2.80. The molecule has 2 aromatic carbocycles. The van der Waals surface area contributed by atoms with Crippen LogP contribution in [0.15, 0.2) is 41.5 Å². The van der Waals surface area contributed by atoms with Crippen LogP contribution in [0.25, 0.3) is 0 Å². The fourth-order valence-corrected chi connectivity index (χ4v) is 2.10. The van der Waals surface area contributed by atoms with Crippen molar-refractivity contribution in [2.75, 3.05) is 12.4 Å². The van der Waals surface area contributed by atoms with E-state index in [9.17, 15) is 14.7 Å². The number of ether oxygens (including phenoxy) is 1. The molecule has 130 valence electrons. The second-order valence-corrected chi connectivity index (χ2v) is 5.55. The fourth-order valence-electron chi connectivity index (χ4n) is 1.76. The number of nitrogens with one attached hydrogen (secondary N) is 2. The average molecular weight is 382 g/mol. The Kier molecular flexibility index (Phi) is 6.21. The van der Waals surface area contributed by atoms with Gasteiger partial charge in [-0.15, -0.1) is 0 Å². The van der Waals surface area contributed by atoms with Crippen molar-refractivity contribution >= 4 is 46.9 Å². The molecule has 2 amide bonds. The van der Waals surface area contributed by atoms with Crippen LogP contribution in [0.5, 0.6) is 11.5 Å². The van der Waals surface area contributed by atoms with Gasteiger partial charge in [0.05, 0.1) is 24.0 Å². The minimum absolute atomic E-state index is 0.0264. The minimum Gasteiger partial charge on any atom is -0.504 e. The van der Waals surface area contributed by atoms with E-state index in [1.807, 2.05) is 0 Å². The Morgan fingerprint density at radius 1 is 1.16 bits per heavy atom. The second kappa shape index (κ2) is 8.36. The summed E-state index contributed by atoms with van der Waals surface area (Å²) < 4.78 is 4.95. The Morgan fingerprint density at radius 2 is 1.92 bits per heavy atom. The zero-order chi connectivity index (χ0) is 18.4. The van der Waals surface area contributed by atoms with Gasteiger partial charge in [-0.25, -0.2) is 5.43 Å².